The van der Waals surface area contributed by atoms with Gasteiger partial charge in [-0.2, -0.15) is 0 Å². The van der Waals surface area contributed by atoms with Crippen molar-refractivity contribution >= 4 is 24.2 Å². The van der Waals surface area contributed by atoms with E-state index in [1.807, 2.05) is 18.2 Å². The highest BCUT2D eigenvalue weighted by atomic mass is 16.3. The Hall–Kier alpha value is -3.21. The number of nitrogens with zero attached hydrogens (tertiary/aromatic N) is 2. The molecule has 2 N–H and O–H groups in total. The van der Waals surface area contributed by atoms with E-state index in [9.17, 15) is 9.90 Å². The first-order valence-electron chi connectivity index (χ1n) is 11.0. The predicted molar refractivity (Wildman–Crippen MR) is 127 cm³/mol. The van der Waals surface area contributed by atoms with Gasteiger partial charge in [-0.15, -0.1) is 0 Å². The topological polar surface area (TPSA) is 74.0 Å². The molecule has 0 radical (unpaired) electrons. The minimum atomic E-state index is 0.0323. The minimum Gasteiger partial charge on any atom is -0.508 e. The molecule has 0 heterocycles. The third-order valence-corrected chi connectivity index (χ3v) is 5.65. The number of aryl methyl sites for hydroxylation is 1. The molecular weight excluding hydrogens is 386 g/mol. The molecular formula is C26H31N3O2. The maximum Gasteiger partial charge on any atom is 0.225 e. The lowest BCUT2D eigenvalue weighted by Gasteiger charge is -2.21. The molecule has 2 aromatic rings. The van der Waals surface area contributed by atoms with E-state index in [1.54, 1.807) is 30.5 Å². The molecule has 2 aromatic carbocycles. The fourth-order valence-electron chi connectivity index (χ4n) is 3.91. The summed E-state index contributed by atoms with van der Waals surface area (Å²) in [5.74, 6) is 1.32. The molecule has 5 nitrogen and oxygen atoms in total. The van der Waals surface area contributed by atoms with E-state index in [0.29, 0.717) is 30.3 Å². The van der Waals surface area contributed by atoms with Gasteiger partial charge in [-0.05, 0) is 61.7 Å². The molecule has 1 amide bonds. The number of carbonyl (C=O) groups excluding carboxylic acids is 1. The van der Waals surface area contributed by atoms with Crippen LogP contribution in [0.15, 0.2) is 70.8 Å². The summed E-state index contributed by atoms with van der Waals surface area (Å²) in [7, 11) is 0. The Morgan fingerprint density at radius 2 is 1.77 bits per heavy atom. The summed E-state index contributed by atoms with van der Waals surface area (Å²) in [5.41, 5.74) is 2.58. The summed E-state index contributed by atoms with van der Waals surface area (Å²) >= 11 is 0. The molecule has 162 valence electrons. The zero-order chi connectivity index (χ0) is 21.9. The summed E-state index contributed by atoms with van der Waals surface area (Å²) in [6.07, 6.45) is 9.57. The largest absolute Gasteiger partial charge is 0.508 e. The van der Waals surface area contributed by atoms with Crippen molar-refractivity contribution in [2.75, 3.05) is 0 Å². The van der Waals surface area contributed by atoms with Crippen molar-refractivity contribution in [3.8, 4) is 5.75 Å². The average Bonchev–Trinajstić information content (AvgIpc) is 2.80. The molecule has 31 heavy (non-hydrogen) atoms. The van der Waals surface area contributed by atoms with Crippen LogP contribution in [0.5, 0.6) is 5.75 Å². The van der Waals surface area contributed by atoms with Crippen LogP contribution < -0.4 is 5.32 Å². The van der Waals surface area contributed by atoms with Crippen LogP contribution in [0, 0.1) is 5.92 Å². The highest BCUT2D eigenvalue weighted by molar-refractivity contribution is 5.98. The van der Waals surface area contributed by atoms with Crippen molar-refractivity contribution in [2.45, 2.75) is 51.4 Å². The summed E-state index contributed by atoms with van der Waals surface area (Å²) in [6, 6.07) is 16.9. The number of carbonyl (C=O) groups is 1. The van der Waals surface area contributed by atoms with Gasteiger partial charge in [0.2, 0.25) is 5.91 Å². The first kappa shape index (κ1) is 22.5. The lowest BCUT2D eigenvalue weighted by atomic mass is 9.87. The fraction of sp³-hybridized carbons (Fsp3) is 0.346. The van der Waals surface area contributed by atoms with Crippen LogP contribution in [0.25, 0.3) is 5.70 Å². The number of phenolic OH excluding ortho intramolecular Hbond substituents is 1. The molecule has 0 bridgehead atoms. The Balaban J connectivity index is 1.73. The first-order valence-corrected chi connectivity index (χ1v) is 11.0. The van der Waals surface area contributed by atoms with Crippen LogP contribution in [0.3, 0.4) is 0 Å². The monoisotopic (exact) mass is 417 g/mol. The Kier molecular flexibility index (Phi) is 8.59. The highest BCUT2D eigenvalue weighted by Crippen LogP contribution is 2.26. The number of amides is 1. The number of hydrogen-bond acceptors (Lipinski definition) is 4. The zero-order valence-corrected chi connectivity index (χ0v) is 18.0. The van der Waals surface area contributed by atoms with Gasteiger partial charge in [0.25, 0.3) is 0 Å². The van der Waals surface area contributed by atoms with E-state index < -0.39 is 0 Å². The second-order valence-corrected chi connectivity index (χ2v) is 8.04. The standard InChI is InChI=1S/C26H31N3O2/c1-27-24(22-13-15-23(30)16-14-22)19-28-25(17-12-20-8-4-2-5-9-20)29-26(31)18-21-10-6-3-7-11-21/h2,4-5,8-9,13-16,19,21,30H,1,3,6-7,10-12,17-18H2,(H,28,29,31)/b24-19-. The molecule has 0 aliphatic heterocycles. The molecule has 5 heteroatoms. The van der Waals surface area contributed by atoms with E-state index in [0.717, 1.165) is 24.8 Å². The second kappa shape index (κ2) is 11.8. The molecule has 1 saturated carbocycles. The van der Waals surface area contributed by atoms with Crippen molar-refractivity contribution in [3.63, 3.8) is 0 Å². The zero-order valence-electron chi connectivity index (χ0n) is 18.0. The van der Waals surface area contributed by atoms with Crippen LogP contribution >= 0.6 is 0 Å². The normalized spacial score (nSPS) is 15.5. The maximum atomic E-state index is 12.7. The van der Waals surface area contributed by atoms with Gasteiger partial charge in [0.15, 0.2) is 0 Å². The van der Waals surface area contributed by atoms with Crippen LogP contribution in [-0.4, -0.2) is 23.6 Å². The van der Waals surface area contributed by atoms with Gasteiger partial charge in [0.05, 0.1) is 11.9 Å². The smallest absolute Gasteiger partial charge is 0.225 e. The van der Waals surface area contributed by atoms with E-state index >= 15 is 0 Å². The molecule has 0 unspecified atom stereocenters. The number of hydrogen-bond donors (Lipinski definition) is 2. The van der Waals surface area contributed by atoms with Crippen LogP contribution in [0.2, 0.25) is 0 Å². The quantitative estimate of drug-likeness (QED) is 0.439. The van der Waals surface area contributed by atoms with E-state index in [1.165, 1.54) is 24.8 Å². The minimum absolute atomic E-state index is 0.0323. The molecule has 1 fully saturated rings. The van der Waals surface area contributed by atoms with Crippen molar-refractivity contribution in [2.24, 2.45) is 15.9 Å². The fourth-order valence-corrected chi connectivity index (χ4v) is 3.91. The van der Waals surface area contributed by atoms with E-state index in [4.69, 9.17) is 0 Å². The SMILES string of the molecule is C=N/C(=C\N=C(CCc1ccccc1)NC(=O)CC1CCCCC1)c1ccc(O)cc1. The maximum absolute atomic E-state index is 12.7. The lowest BCUT2D eigenvalue weighted by Crippen LogP contribution is -2.32. The van der Waals surface area contributed by atoms with Gasteiger partial charge in [0, 0.05) is 18.4 Å². The third kappa shape index (κ3) is 7.52. The lowest BCUT2D eigenvalue weighted by molar-refractivity contribution is -0.120. The predicted octanol–water partition coefficient (Wildman–Crippen LogP) is 5.51. The van der Waals surface area contributed by atoms with E-state index in [2.05, 4.69) is 34.2 Å². The number of rotatable bonds is 8. The number of aliphatic imine (C=N–C) groups is 2. The third-order valence-electron chi connectivity index (χ3n) is 5.65. The number of nitrogens with one attached hydrogen (secondary N) is 1. The van der Waals surface area contributed by atoms with Crippen LogP contribution in [0.1, 0.15) is 56.1 Å². The molecule has 0 atom stereocenters. The van der Waals surface area contributed by atoms with Crippen molar-refractivity contribution < 1.29 is 9.90 Å². The summed E-state index contributed by atoms with van der Waals surface area (Å²) in [5, 5.41) is 12.5. The molecule has 3 rings (SSSR count). The summed E-state index contributed by atoms with van der Waals surface area (Å²) < 4.78 is 0. The summed E-state index contributed by atoms with van der Waals surface area (Å²) in [4.78, 5) is 21.3. The number of benzene rings is 2. The first-order chi connectivity index (χ1) is 15.1. The van der Waals surface area contributed by atoms with Gasteiger partial charge in [-0.1, -0.05) is 49.6 Å². The van der Waals surface area contributed by atoms with Gasteiger partial charge in [0.1, 0.15) is 11.6 Å². The van der Waals surface area contributed by atoms with Gasteiger partial charge >= 0.3 is 0 Å². The van der Waals surface area contributed by atoms with Crippen LogP contribution in [-0.2, 0) is 11.2 Å². The Morgan fingerprint density at radius 3 is 2.45 bits per heavy atom. The van der Waals surface area contributed by atoms with E-state index in [-0.39, 0.29) is 11.7 Å². The Bertz CT molecular complexity index is 911. The van der Waals surface area contributed by atoms with Crippen molar-refractivity contribution in [1.29, 1.82) is 0 Å². The Morgan fingerprint density at radius 1 is 1.06 bits per heavy atom. The van der Waals surface area contributed by atoms with Crippen molar-refractivity contribution in [1.82, 2.24) is 5.32 Å². The summed E-state index contributed by atoms with van der Waals surface area (Å²) in [6.45, 7) is 3.63. The molecule has 1 aliphatic carbocycles. The number of phenols is 1. The van der Waals surface area contributed by atoms with Crippen molar-refractivity contribution in [3.05, 3.63) is 71.9 Å². The Labute approximate surface area is 184 Å². The van der Waals surface area contributed by atoms with Gasteiger partial charge in [-0.25, -0.2) is 4.99 Å². The molecule has 0 spiro atoms. The molecule has 0 saturated heterocycles. The van der Waals surface area contributed by atoms with Gasteiger partial charge in [-0.3, -0.25) is 9.79 Å². The molecule has 0 aromatic heterocycles. The van der Waals surface area contributed by atoms with Crippen LogP contribution in [0.4, 0.5) is 0 Å². The average molecular weight is 418 g/mol. The second-order valence-electron chi connectivity index (χ2n) is 8.04. The highest BCUT2D eigenvalue weighted by Gasteiger charge is 2.18. The molecule has 1 aliphatic rings. The number of aromatic hydroxyl groups is 1. The van der Waals surface area contributed by atoms with Gasteiger partial charge < -0.3 is 10.4 Å². The number of amidine groups is 1.